The molecule has 0 bridgehead atoms. The summed E-state index contributed by atoms with van der Waals surface area (Å²) in [5.41, 5.74) is 1.29. The second-order valence-electron chi connectivity index (χ2n) is 5.45. The molecule has 1 aliphatic rings. The van der Waals surface area contributed by atoms with Crippen LogP contribution < -0.4 is 9.46 Å². The van der Waals surface area contributed by atoms with Crippen LogP contribution in [0, 0.1) is 0 Å². The number of aryl methyl sites for hydroxylation is 1. The zero-order valence-electron chi connectivity index (χ0n) is 12.9. The zero-order valence-corrected chi connectivity index (χ0v) is 14.5. The first-order chi connectivity index (χ1) is 12.0. The summed E-state index contributed by atoms with van der Waals surface area (Å²) in [7, 11) is -3.36. The number of rotatable bonds is 3. The minimum atomic E-state index is -3.36. The standard InChI is InChI=1S/C16H13ClN4O3S/c17-15-14(16-20-25(22,23)10-9-21(16)19-15)11-4-6-12(7-5-11)24-13-3-1-2-8-18-13/h1-8,20H,9-10H2. The maximum absolute atomic E-state index is 11.8. The first kappa shape index (κ1) is 15.9. The summed E-state index contributed by atoms with van der Waals surface area (Å²) in [6, 6.07) is 12.5. The third kappa shape index (κ3) is 3.18. The molecule has 7 nitrogen and oxygen atoms in total. The molecule has 3 heterocycles. The first-order valence-electron chi connectivity index (χ1n) is 7.48. The SMILES string of the molecule is O=S1(=O)CCn2nc(Cl)c(-c3ccc(Oc4ccccn4)cc3)c2N1. The van der Waals surface area contributed by atoms with Crippen molar-refractivity contribution in [2.24, 2.45) is 0 Å². The Morgan fingerprint density at radius 3 is 2.68 bits per heavy atom. The molecule has 0 amide bonds. The highest BCUT2D eigenvalue weighted by atomic mass is 35.5. The number of hydrogen-bond acceptors (Lipinski definition) is 5. The van der Waals surface area contributed by atoms with E-state index in [1.807, 2.05) is 12.1 Å². The van der Waals surface area contributed by atoms with Gasteiger partial charge >= 0.3 is 0 Å². The minimum Gasteiger partial charge on any atom is -0.439 e. The van der Waals surface area contributed by atoms with Crippen molar-refractivity contribution in [2.75, 3.05) is 10.5 Å². The van der Waals surface area contributed by atoms with Crippen molar-refractivity contribution in [3.05, 3.63) is 53.8 Å². The fourth-order valence-corrected chi connectivity index (χ4v) is 3.88. The van der Waals surface area contributed by atoms with Gasteiger partial charge in [-0.2, -0.15) is 5.10 Å². The van der Waals surface area contributed by atoms with Gasteiger partial charge in [-0.1, -0.05) is 29.8 Å². The molecule has 25 heavy (non-hydrogen) atoms. The molecular formula is C16H13ClN4O3S. The van der Waals surface area contributed by atoms with E-state index in [1.54, 1.807) is 41.2 Å². The van der Waals surface area contributed by atoms with E-state index in [0.717, 1.165) is 5.56 Å². The molecule has 128 valence electrons. The number of sulfonamides is 1. The zero-order chi connectivity index (χ0) is 17.4. The number of hydrogen-bond donors (Lipinski definition) is 1. The molecule has 2 aromatic heterocycles. The number of fused-ring (bicyclic) bond motifs is 1. The van der Waals surface area contributed by atoms with Crippen LogP contribution in [0.5, 0.6) is 11.6 Å². The lowest BCUT2D eigenvalue weighted by Crippen LogP contribution is -2.28. The molecule has 0 unspecified atom stereocenters. The molecule has 0 atom stereocenters. The van der Waals surface area contributed by atoms with Crippen LogP contribution in [0.15, 0.2) is 48.7 Å². The molecule has 0 fully saturated rings. The lowest BCUT2D eigenvalue weighted by Gasteiger charge is -2.17. The van der Waals surface area contributed by atoms with Crippen molar-refractivity contribution in [1.82, 2.24) is 14.8 Å². The Balaban J connectivity index is 1.66. The van der Waals surface area contributed by atoms with Gasteiger partial charge in [0, 0.05) is 12.3 Å². The van der Waals surface area contributed by atoms with Crippen molar-refractivity contribution in [3.63, 3.8) is 0 Å². The monoisotopic (exact) mass is 376 g/mol. The topological polar surface area (TPSA) is 86.1 Å². The summed E-state index contributed by atoms with van der Waals surface area (Å²) in [6.07, 6.45) is 1.65. The Bertz CT molecular complexity index is 1020. The smallest absolute Gasteiger partial charge is 0.235 e. The van der Waals surface area contributed by atoms with E-state index in [-0.39, 0.29) is 17.5 Å². The summed E-state index contributed by atoms with van der Waals surface area (Å²) in [4.78, 5) is 4.10. The number of nitrogens with zero attached hydrogens (tertiary/aromatic N) is 3. The van der Waals surface area contributed by atoms with Crippen molar-refractivity contribution < 1.29 is 13.2 Å². The maximum Gasteiger partial charge on any atom is 0.235 e. The molecule has 0 saturated carbocycles. The Morgan fingerprint density at radius 2 is 1.96 bits per heavy atom. The Morgan fingerprint density at radius 1 is 1.16 bits per heavy atom. The second-order valence-corrected chi connectivity index (χ2v) is 7.65. The molecule has 0 radical (unpaired) electrons. The third-order valence-corrected chi connectivity index (χ3v) is 5.23. The van der Waals surface area contributed by atoms with Crippen molar-refractivity contribution in [3.8, 4) is 22.8 Å². The number of pyridine rings is 1. The van der Waals surface area contributed by atoms with Crippen LogP contribution in [0.1, 0.15) is 0 Å². The van der Waals surface area contributed by atoms with Gasteiger partial charge in [-0.05, 0) is 23.8 Å². The summed E-state index contributed by atoms with van der Waals surface area (Å²) < 4.78 is 33.4. The predicted molar refractivity (Wildman–Crippen MR) is 94.4 cm³/mol. The van der Waals surface area contributed by atoms with Crippen LogP contribution in [-0.2, 0) is 16.6 Å². The highest BCUT2D eigenvalue weighted by Gasteiger charge is 2.27. The second kappa shape index (κ2) is 6.05. The van der Waals surface area contributed by atoms with E-state index in [1.165, 1.54) is 0 Å². The Hall–Kier alpha value is -2.58. The van der Waals surface area contributed by atoms with Crippen LogP contribution in [0.25, 0.3) is 11.1 Å². The van der Waals surface area contributed by atoms with Crippen molar-refractivity contribution >= 4 is 27.4 Å². The van der Waals surface area contributed by atoms with E-state index < -0.39 is 10.0 Å². The average Bonchev–Trinajstić information content (AvgIpc) is 2.91. The van der Waals surface area contributed by atoms with Gasteiger partial charge in [-0.15, -0.1) is 0 Å². The van der Waals surface area contributed by atoms with Gasteiger partial charge in [0.1, 0.15) is 11.6 Å². The molecule has 1 aliphatic heterocycles. The number of aromatic nitrogens is 3. The normalized spacial score (nSPS) is 15.2. The Labute approximate surface area is 149 Å². The number of anilines is 1. The maximum atomic E-state index is 11.8. The summed E-state index contributed by atoms with van der Waals surface area (Å²) in [6.45, 7) is 0.269. The Kier molecular flexibility index (Phi) is 3.85. The summed E-state index contributed by atoms with van der Waals surface area (Å²) in [5.74, 6) is 1.47. The van der Waals surface area contributed by atoms with Crippen LogP contribution >= 0.6 is 11.6 Å². The molecule has 1 N–H and O–H groups in total. The van der Waals surface area contributed by atoms with Gasteiger partial charge in [0.15, 0.2) is 5.15 Å². The third-order valence-electron chi connectivity index (χ3n) is 3.74. The van der Waals surface area contributed by atoms with E-state index in [2.05, 4.69) is 14.8 Å². The lowest BCUT2D eigenvalue weighted by molar-refractivity contribution is 0.463. The quantitative estimate of drug-likeness (QED) is 0.758. The van der Waals surface area contributed by atoms with Gasteiger partial charge in [-0.25, -0.2) is 18.1 Å². The summed E-state index contributed by atoms with van der Waals surface area (Å²) in [5, 5.41) is 4.45. The molecular weight excluding hydrogens is 364 g/mol. The van der Waals surface area contributed by atoms with Gasteiger partial charge in [0.2, 0.25) is 15.9 Å². The highest BCUT2D eigenvalue weighted by Crippen LogP contribution is 2.37. The molecule has 9 heteroatoms. The number of nitrogens with one attached hydrogen (secondary N) is 1. The van der Waals surface area contributed by atoms with Crippen molar-refractivity contribution in [2.45, 2.75) is 6.54 Å². The average molecular weight is 377 g/mol. The molecule has 0 saturated heterocycles. The van der Waals surface area contributed by atoms with E-state index >= 15 is 0 Å². The largest absolute Gasteiger partial charge is 0.439 e. The van der Waals surface area contributed by atoms with Crippen LogP contribution in [-0.4, -0.2) is 28.9 Å². The molecule has 4 rings (SSSR count). The van der Waals surface area contributed by atoms with Crippen LogP contribution in [0.3, 0.4) is 0 Å². The fraction of sp³-hybridized carbons (Fsp3) is 0.125. The fourth-order valence-electron chi connectivity index (χ4n) is 2.58. The van der Waals surface area contributed by atoms with Crippen LogP contribution in [0.2, 0.25) is 5.15 Å². The van der Waals surface area contributed by atoms with Gasteiger partial charge in [0.05, 0.1) is 17.9 Å². The van der Waals surface area contributed by atoms with E-state index in [0.29, 0.717) is 23.0 Å². The number of benzene rings is 1. The molecule has 1 aromatic carbocycles. The molecule has 0 spiro atoms. The minimum absolute atomic E-state index is 0.0195. The number of halogens is 1. The summed E-state index contributed by atoms with van der Waals surface area (Å²) >= 11 is 6.22. The number of ether oxygens (including phenoxy) is 1. The van der Waals surface area contributed by atoms with Crippen molar-refractivity contribution in [1.29, 1.82) is 0 Å². The van der Waals surface area contributed by atoms with Crippen LogP contribution in [0.4, 0.5) is 5.82 Å². The van der Waals surface area contributed by atoms with E-state index in [4.69, 9.17) is 16.3 Å². The molecule has 0 aliphatic carbocycles. The lowest BCUT2D eigenvalue weighted by atomic mass is 10.1. The van der Waals surface area contributed by atoms with E-state index in [9.17, 15) is 8.42 Å². The predicted octanol–water partition coefficient (Wildman–Crippen LogP) is 3.15. The van der Waals surface area contributed by atoms with Gasteiger partial charge in [-0.3, -0.25) is 4.72 Å². The highest BCUT2D eigenvalue weighted by molar-refractivity contribution is 7.92. The van der Waals surface area contributed by atoms with Gasteiger partial charge in [0.25, 0.3) is 0 Å². The first-order valence-corrected chi connectivity index (χ1v) is 9.51. The molecule has 3 aromatic rings. The van der Waals surface area contributed by atoms with Gasteiger partial charge < -0.3 is 4.74 Å².